The molecule has 0 bridgehead atoms. The standard InChI is InChI=1S/C23H29N3O4/c1-17-4-5-19(15-20(17)24-22(27)21-3-2-12-30-21)23(28)26-8-6-18(7-9-26)16-25-10-13-29-14-11-25/h2-5,12,15,18H,6-11,13-14,16H2,1H3,(H,24,27). The lowest BCUT2D eigenvalue weighted by Crippen LogP contribution is -2.44. The van der Waals surface area contributed by atoms with Crippen LogP contribution >= 0.6 is 0 Å². The average molecular weight is 412 g/mol. The van der Waals surface area contributed by atoms with Crippen LogP contribution in [0.3, 0.4) is 0 Å². The molecule has 2 aliphatic rings. The Hall–Kier alpha value is -2.64. The fourth-order valence-electron chi connectivity index (χ4n) is 4.13. The minimum atomic E-state index is -0.323. The summed E-state index contributed by atoms with van der Waals surface area (Å²) in [5.41, 5.74) is 2.13. The van der Waals surface area contributed by atoms with E-state index >= 15 is 0 Å². The predicted molar refractivity (Wildman–Crippen MR) is 114 cm³/mol. The Morgan fingerprint density at radius 1 is 1.10 bits per heavy atom. The van der Waals surface area contributed by atoms with Crippen LogP contribution in [-0.4, -0.2) is 67.6 Å². The number of carbonyl (C=O) groups is 2. The first-order chi connectivity index (χ1) is 14.6. The maximum atomic E-state index is 13.0. The molecule has 2 amide bonds. The zero-order valence-corrected chi connectivity index (χ0v) is 17.4. The highest BCUT2D eigenvalue weighted by molar-refractivity contribution is 6.03. The number of rotatable bonds is 5. The molecule has 1 N–H and O–H groups in total. The van der Waals surface area contributed by atoms with Crippen molar-refractivity contribution < 1.29 is 18.7 Å². The molecule has 7 heteroatoms. The van der Waals surface area contributed by atoms with Gasteiger partial charge in [0.1, 0.15) is 0 Å². The van der Waals surface area contributed by atoms with Crippen molar-refractivity contribution in [2.75, 3.05) is 51.3 Å². The molecule has 0 aliphatic carbocycles. The molecule has 1 aromatic heterocycles. The molecule has 4 rings (SSSR count). The summed E-state index contributed by atoms with van der Waals surface area (Å²) in [5, 5.41) is 2.84. The molecule has 0 radical (unpaired) electrons. The van der Waals surface area contributed by atoms with E-state index in [9.17, 15) is 9.59 Å². The van der Waals surface area contributed by atoms with Gasteiger partial charge in [-0.25, -0.2) is 0 Å². The second-order valence-corrected chi connectivity index (χ2v) is 8.11. The molecule has 2 aliphatic heterocycles. The molecule has 2 saturated heterocycles. The molecule has 7 nitrogen and oxygen atoms in total. The van der Waals surface area contributed by atoms with Gasteiger partial charge in [0, 0.05) is 44.0 Å². The Kier molecular flexibility index (Phi) is 6.50. The number of morpholine rings is 1. The van der Waals surface area contributed by atoms with Gasteiger partial charge in [-0.05, 0) is 55.5 Å². The lowest BCUT2D eigenvalue weighted by Gasteiger charge is -2.36. The SMILES string of the molecule is Cc1ccc(C(=O)N2CCC(CN3CCOCC3)CC2)cc1NC(=O)c1ccco1. The van der Waals surface area contributed by atoms with Crippen molar-refractivity contribution in [2.45, 2.75) is 19.8 Å². The first-order valence-corrected chi connectivity index (χ1v) is 10.6. The lowest BCUT2D eigenvalue weighted by molar-refractivity contribution is 0.0243. The highest BCUT2D eigenvalue weighted by Crippen LogP contribution is 2.23. The molecule has 160 valence electrons. The first-order valence-electron chi connectivity index (χ1n) is 10.6. The molecule has 30 heavy (non-hydrogen) atoms. The number of likely N-dealkylation sites (tertiary alicyclic amines) is 1. The van der Waals surface area contributed by atoms with Crippen LogP contribution in [0, 0.1) is 12.8 Å². The Balaban J connectivity index is 1.35. The summed E-state index contributed by atoms with van der Waals surface area (Å²) < 4.78 is 10.6. The number of anilines is 1. The van der Waals surface area contributed by atoms with Gasteiger partial charge in [0.25, 0.3) is 11.8 Å². The van der Waals surface area contributed by atoms with Crippen molar-refractivity contribution in [3.8, 4) is 0 Å². The second-order valence-electron chi connectivity index (χ2n) is 8.11. The molecule has 2 fully saturated rings. The van der Waals surface area contributed by atoms with Gasteiger partial charge in [-0.1, -0.05) is 6.07 Å². The van der Waals surface area contributed by atoms with Crippen LogP contribution in [0.5, 0.6) is 0 Å². The highest BCUT2D eigenvalue weighted by Gasteiger charge is 2.26. The minimum Gasteiger partial charge on any atom is -0.459 e. The van der Waals surface area contributed by atoms with Gasteiger partial charge in [-0.3, -0.25) is 14.5 Å². The third-order valence-corrected chi connectivity index (χ3v) is 6.00. The lowest BCUT2D eigenvalue weighted by atomic mass is 9.95. The van der Waals surface area contributed by atoms with Crippen molar-refractivity contribution in [3.05, 3.63) is 53.5 Å². The molecular weight excluding hydrogens is 382 g/mol. The summed E-state index contributed by atoms with van der Waals surface area (Å²) in [6.45, 7) is 8.21. The van der Waals surface area contributed by atoms with Crippen LogP contribution in [0.4, 0.5) is 5.69 Å². The minimum absolute atomic E-state index is 0.0216. The number of nitrogens with zero attached hydrogens (tertiary/aromatic N) is 2. The maximum absolute atomic E-state index is 13.0. The summed E-state index contributed by atoms with van der Waals surface area (Å²) in [5.74, 6) is 0.576. The zero-order valence-electron chi connectivity index (χ0n) is 17.4. The van der Waals surface area contributed by atoms with Crippen molar-refractivity contribution in [1.29, 1.82) is 0 Å². The van der Waals surface area contributed by atoms with Gasteiger partial charge < -0.3 is 19.4 Å². The van der Waals surface area contributed by atoms with Gasteiger partial charge in [-0.2, -0.15) is 0 Å². The largest absolute Gasteiger partial charge is 0.459 e. The van der Waals surface area contributed by atoms with Gasteiger partial charge in [0.05, 0.1) is 19.5 Å². The average Bonchev–Trinajstić information content (AvgIpc) is 3.31. The molecule has 1 aromatic carbocycles. The number of furan rings is 1. The Labute approximate surface area is 177 Å². The number of amides is 2. The van der Waals surface area contributed by atoms with Gasteiger partial charge >= 0.3 is 0 Å². The molecule has 0 atom stereocenters. The van der Waals surface area contributed by atoms with E-state index in [1.165, 1.54) is 6.26 Å². The quantitative estimate of drug-likeness (QED) is 0.819. The summed E-state index contributed by atoms with van der Waals surface area (Å²) in [7, 11) is 0. The van der Waals surface area contributed by atoms with E-state index < -0.39 is 0 Å². The monoisotopic (exact) mass is 411 g/mol. The topological polar surface area (TPSA) is 75.0 Å². The van der Waals surface area contributed by atoms with Crippen molar-refractivity contribution >= 4 is 17.5 Å². The summed E-state index contributed by atoms with van der Waals surface area (Å²) in [4.78, 5) is 29.7. The maximum Gasteiger partial charge on any atom is 0.291 e. The van der Waals surface area contributed by atoms with Gasteiger partial charge in [0.15, 0.2) is 5.76 Å². The van der Waals surface area contributed by atoms with Crippen LogP contribution in [0.2, 0.25) is 0 Å². The van der Waals surface area contributed by atoms with Crippen LogP contribution in [0.25, 0.3) is 0 Å². The van der Waals surface area contributed by atoms with E-state index in [-0.39, 0.29) is 17.6 Å². The number of carbonyl (C=O) groups excluding carboxylic acids is 2. The number of hydrogen-bond donors (Lipinski definition) is 1. The van der Waals surface area contributed by atoms with Crippen molar-refractivity contribution in [3.63, 3.8) is 0 Å². The molecule has 0 saturated carbocycles. The Morgan fingerprint density at radius 3 is 2.57 bits per heavy atom. The first kappa shape index (κ1) is 20.6. The highest BCUT2D eigenvalue weighted by atomic mass is 16.5. The molecular formula is C23H29N3O4. The zero-order chi connectivity index (χ0) is 20.9. The number of piperidine rings is 1. The third-order valence-electron chi connectivity index (χ3n) is 6.00. The summed E-state index contributed by atoms with van der Waals surface area (Å²) in [6.07, 6.45) is 3.51. The number of aryl methyl sites for hydroxylation is 1. The van der Waals surface area contributed by atoms with Crippen LogP contribution in [-0.2, 0) is 4.74 Å². The number of benzene rings is 1. The molecule has 0 unspecified atom stereocenters. The summed E-state index contributed by atoms with van der Waals surface area (Å²) in [6, 6.07) is 8.75. The normalized spacial score (nSPS) is 18.4. The number of nitrogens with one attached hydrogen (secondary N) is 1. The Morgan fingerprint density at radius 2 is 1.87 bits per heavy atom. The molecule has 3 heterocycles. The molecule has 0 spiro atoms. The Bertz CT molecular complexity index is 867. The van der Waals surface area contributed by atoms with E-state index in [2.05, 4.69) is 10.2 Å². The van der Waals surface area contributed by atoms with Crippen molar-refractivity contribution in [1.82, 2.24) is 9.80 Å². The van der Waals surface area contributed by atoms with Gasteiger partial charge in [-0.15, -0.1) is 0 Å². The van der Waals surface area contributed by atoms with E-state index in [4.69, 9.17) is 9.15 Å². The van der Waals surface area contributed by atoms with E-state index in [0.717, 1.165) is 64.3 Å². The third kappa shape index (κ3) is 4.91. The van der Waals surface area contributed by atoms with E-state index in [1.54, 1.807) is 18.2 Å². The number of hydrogen-bond acceptors (Lipinski definition) is 5. The van der Waals surface area contributed by atoms with Crippen LogP contribution in [0.15, 0.2) is 41.0 Å². The van der Waals surface area contributed by atoms with E-state index in [0.29, 0.717) is 17.2 Å². The van der Waals surface area contributed by atoms with E-state index in [1.807, 2.05) is 24.0 Å². The van der Waals surface area contributed by atoms with Gasteiger partial charge in [0.2, 0.25) is 0 Å². The predicted octanol–water partition coefficient (Wildman–Crippen LogP) is 3.02. The van der Waals surface area contributed by atoms with Crippen LogP contribution in [0.1, 0.15) is 39.3 Å². The fourth-order valence-corrected chi connectivity index (χ4v) is 4.13. The van der Waals surface area contributed by atoms with Crippen molar-refractivity contribution in [2.24, 2.45) is 5.92 Å². The second kappa shape index (κ2) is 9.45. The molecule has 2 aromatic rings. The fraction of sp³-hybridized carbons (Fsp3) is 0.478. The number of ether oxygens (including phenoxy) is 1. The van der Waals surface area contributed by atoms with Crippen LogP contribution < -0.4 is 5.32 Å². The summed E-state index contributed by atoms with van der Waals surface area (Å²) >= 11 is 0. The smallest absolute Gasteiger partial charge is 0.291 e.